The average molecular weight is 634 g/mol. The van der Waals surface area contributed by atoms with Gasteiger partial charge in [0.15, 0.2) is 0 Å². The number of thioether (sulfide) groups is 2. The number of alkyl halides is 18. The van der Waals surface area contributed by atoms with Crippen LogP contribution in [-0.4, -0.2) is 59.4 Å². The predicted octanol–water partition coefficient (Wildman–Crippen LogP) is 9.59. The Morgan fingerprint density at radius 1 is 0.395 bits per heavy atom. The van der Waals surface area contributed by atoms with Gasteiger partial charge in [0.05, 0.1) is 0 Å². The van der Waals surface area contributed by atoms with Crippen LogP contribution in [0.5, 0.6) is 0 Å². The van der Waals surface area contributed by atoms with Crippen molar-refractivity contribution in [3.05, 3.63) is 24.3 Å². The fraction of sp³-hybridized carbons (Fsp3) is 0.667. The van der Waals surface area contributed by atoms with Gasteiger partial charge < -0.3 is 0 Å². The molecule has 0 bridgehead atoms. The van der Waals surface area contributed by atoms with E-state index in [2.05, 4.69) is 0 Å². The van der Waals surface area contributed by atoms with E-state index in [0.29, 0.717) is 0 Å². The van der Waals surface area contributed by atoms with Crippen LogP contribution in [0.3, 0.4) is 0 Å². The van der Waals surface area contributed by atoms with Gasteiger partial charge in [-0.25, -0.2) is 0 Å². The van der Waals surface area contributed by atoms with Gasteiger partial charge in [0.25, 0.3) is 0 Å². The summed E-state index contributed by atoms with van der Waals surface area (Å²) >= 11 is 0.538. The molecule has 0 spiro atoms. The van der Waals surface area contributed by atoms with Crippen molar-refractivity contribution in [1.29, 1.82) is 0 Å². The Hall–Kier alpha value is -1.34. The fourth-order valence-electron chi connectivity index (χ4n) is 2.36. The highest BCUT2D eigenvalue weighted by atomic mass is 32.2. The van der Waals surface area contributed by atoms with Gasteiger partial charge in [-0.3, -0.25) is 0 Å². The van der Waals surface area contributed by atoms with Crippen molar-refractivity contribution in [2.75, 3.05) is 11.5 Å². The van der Waals surface area contributed by atoms with E-state index in [4.69, 9.17) is 0 Å². The molecule has 0 saturated carbocycles. The minimum Gasteiger partial charge on any atom is -0.200 e. The van der Waals surface area contributed by atoms with E-state index in [9.17, 15) is 79.0 Å². The summed E-state index contributed by atoms with van der Waals surface area (Å²) in [5.41, 5.74) is 0. The highest BCUT2D eigenvalue weighted by Gasteiger charge is 2.82. The van der Waals surface area contributed by atoms with Gasteiger partial charge in [0.1, 0.15) is 0 Å². The van der Waals surface area contributed by atoms with Gasteiger partial charge in [-0.2, -0.15) is 79.0 Å². The molecule has 0 fully saturated rings. The lowest BCUT2D eigenvalue weighted by Crippen LogP contribution is -2.60. The first-order chi connectivity index (χ1) is 16.7. The van der Waals surface area contributed by atoms with Crippen LogP contribution in [0.1, 0.15) is 12.8 Å². The van der Waals surface area contributed by atoms with Crippen molar-refractivity contribution in [3.63, 3.8) is 0 Å². The summed E-state index contributed by atoms with van der Waals surface area (Å²) < 4.78 is 230. The lowest BCUT2D eigenvalue weighted by Gasteiger charge is -2.33. The Labute approximate surface area is 209 Å². The van der Waals surface area contributed by atoms with Crippen molar-refractivity contribution in [2.24, 2.45) is 0 Å². The molecule has 0 amide bonds. The SMILES string of the molecule is FC(F)(F)C(F)(F)C(F)(F)C(F)(F)CCSc1ccc(SCCC(F)(F)C(F)(F)C(F)(F)C(F)(F)F)cc1. The van der Waals surface area contributed by atoms with E-state index >= 15 is 0 Å². The van der Waals surface area contributed by atoms with Gasteiger partial charge in [-0.05, 0) is 24.3 Å². The molecule has 0 aliphatic carbocycles. The third-order valence-corrected chi connectivity index (χ3v) is 6.64. The van der Waals surface area contributed by atoms with Gasteiger partial charge >= 0.3 is 47.9 Å². The maximum absolute atomic E-state index is 13.5. The van der Waals surface area contributed by atoms with E-state index < -0.39 is 72.2 Å². The monoisotopic (exact) mass is 634 g/mol. The van der Waals surface area contributed by atoms with Crippen molar-refractivity contribution in [1.82, 2.24) is 0 Å². The molecule has 1 rings (SSSR count). The normalized spacial score (nSPS) is 15.2. The highest BCUT2D eigenvalue weighted by molar-refractivity contribution is 7.99. The van der Waals surface area contributed by atoms with Crippen molar-refractivity contribution >= 4 is 23.5 Å². The van der Waals surface area contributed by atoms with Crippen LogP contribution in [-0.2, 0) is 0 Å². The molecule has 1 aromatic rings. The second kappa shape index (κ2) is 10.9. The summed E-state index contributed by atoms with van der Waals surface area (Å²) in [6, 6.07) is 3.88. The number of halogens is 18. The zero-order valence-electron chi connectivity index (χ0n) is 17.8. The molecule has 38 heavy (non-hydrogen) atoms. The molecule has 0 saturated heterocycles. The smallest absolute Gasteiger partial charge is 0.200 e. The summed E-state index contributed by atoms with van der Waals surface area (Å²) in [6.45, 7) is 0. The first-order valence-corrected chi connectivity index (χ1v) is 11.4. The Kier molecular flexibility index (Phi) is 9.96. The molecule has 20 heteroatoms. The molecule has 1 aromatic carbocycles. The van der Waals surface area contributed by atoms with Crippen LogP contribution in [0.15, 0.2) is 34.1 Å². The zero-order chi connectivity index (χ0) is 30.2. The molecule has 0 radical (unpaired) electrons. The highest BCUT2D eigenvalue weighted by Crippen LogP contribution is 2.55. The largest absolute Gasteiger partial charge is 0.460 e. The number of rotatable bonds is 12. The van der Waals surface area contributed by atoms with Crippen LogP contribution in [0.4, 0.5) is 79.0 Å². The second-order valence-electron chi connectivity index (χ2n) is 7.37. The lowest BCUT2D eigenvalue weighted by atomic mass is 10.0. The quantitative estimate of drug-likeness (QED) is 0.166. The number of hydrogen-bond acceptors (Lipinski definition) is 2. The van der Waals surface area contributed by atoms with Crippen LogP contribution < -0.4 is 0 Å². The Morgan fingerprint density at radius 2 is 0.632 bits per heavy atom. The molecule has 0 heterocycles. The molecule has 0 unspecified atom stereocenters. The van der Waals surface area contributed by atoms with E-state index in [0.717, 1.165) is 24.3 Å². The molecule has 0 aliphatic rings. The van der Waals surface area contributed by atoms with Gasteiger partial charge in [-0.15, -0.1) is 23.5 Å². The summed E-state index contributed by atoms with van der Waals surface area (Å²) in [7, 11) is 0. The van der Waals surface area contributed by atoms with Crippen molar-refractivity contribution in [2.45, 2.75) is 70.5 Å². The Morgan fingerprint density at radius 3 is 0.842 bits per heavy atom. The molecule has 0 aromatic heterocycles. The van der Waals surface area contributed by atoms with Crippen LogP contribution in [0.2, 0.25) is 0 Å². The summed E-state index contributed by atoms with van der Waals surface area (Å²) in [5, 5.41) is 0. The topological polar surface area (TPSA) is 0 Å². The van der Waals surface area contributed by atoms with Crippen LogP contribution in [0, 0.1) is 0 Å². The first kappa shape index (κ1) is 34.7. The van der Waals surface area contributed by atoms with Crippen molar-refractivity contribution < 1.29 is 79.0 Å². The number of benzene rings is 1. The van der Waals surface area contributed by atoms with Crippen LogP contribution in [0.25, 0.3) is 0 Å². The minimum absolute atomic E-state index is 0.0854. The standard InChI is InChI=1S/C18H12F18S2/c19-11(20,13(23,24)15(27,28)17(31,32)33)5-7-37-9-1-2-10(4-3-9)38-8-6-12(21,22)14(25,26)16(29,30)18(34,35)36/h1-4H,5-8H2. The Balaban J connectivity index is 2.73. The maximum Gasteiger partial charge on any atom is 0.460 e. The molecule has 0 aliphatic heterocycles. The van der Waals surface area contributed by atoms with Crippen LogP contribution >= 0.6 is 23.5 Å². The molecular weight excluding hydrogens is 622 g/mol. The maximum atomic E-state index is 13.5. The molecule has 0 nitrogen and oxygen atoms in total. The molecule has 222 valence electrons. The van der Waals surface area contributed by atoms with Gasteiger partial charge in [-0.1, -0.05) is 0 Å². The third-order valence-electron chi connectivity index (χ3n) is 4.61. The Bertz CT molecular complexity index is 842. The average Bonchev–Trinajstić information content (AvgIpc) is 2.72. The van der Waals surface area contributed by atoms with E-state index in [-0.39, 0.29) is 33.3 Å². The third kappa shape index (κ3) is 6.68. The first-order valence-electron chi connectivity index (χ1n) is 9.42. The van der Waals surface area contributed by atoms with E-state index in [1.807, 2.05) is 0 Å². The van der Waals surface area contributed by atoms with E-state index in [1.165, 1.54) is 0 Å². The summed E-state index contributed by atoms with van der Waals surface area (Å²) in [6.07, 6.45) is -18.2. The van der Waals surface area contributed by atoms with E-state index in [1.54, 1.807) is 0 Å². The molecule has 0 N–H and O–H groups in total. The summed E-state index contributed by atoms with van der Waals surface area (Å²) in [4.78, 5) is -0.171. The minimum atomic E-state index is -7.05. The predicted molar refractivity (Wildman–Crippen MR) is 98.9 cm³/mol. The van der Waals surface area contributed by atoms with Gasteiger partial charge in [0, 0.05) is 34.1 Å². The second-order valence-corrected chi connectivity index (χ2v) is 9.71. The van der Waals surface area contributed by atoms with Gasteiger partial charge in [0.2, 0.25) is 0 Å². The summed E-state index contributed by atoms with van der Waals surface area (Å²) in [5.74, 6) is -41.5. The molecular formula is C18H12F18S2. The lowest BCUT2D eigenvalue weighted by molar-refractivity contribution is -0.396. The van der Waals surface area contributed by atoms with Crippen molar-refractivity contribution in [3.8, 4) is 0 Å². The zero-order valence-corrected chi connectivity index (χ0v) is 19.4. The fourth-order valence-corrected chi connectivity index (χ4v) is 4.20. The molecule has 0 atom stereocenters. The number of hydrogen-bond donors (Lipinski definition) is 0.